The average Bonchev–Trinajstić information content (AvgIpc) is 2.65. The molecule has 164 valence electrons. The van der Waals surface area contributed by atoms with Crippen LogP contribution in [0.5, 0.6) is 5.75 Å². The van der Waals surface area contributed by atoms with Crippen LogP contribution in [0.25, 0.3) is 0 Å². The highest BCUT2D eigenvalue weighted by atomic mass is 16.6. The van der Waals surface area contributed by atoms with Crippen molar-refractivity contribution in [2.24, 2.45) is 0 Å². The highest BCUT2D eigenvalue weighted by molar-refractivity contribution is 6.05. The Labute approximate surface area is 181 Å². The first-order valence-corrected chi connectivity index (χ1v) is 9.96. The van der Waals surface area contributed by atoms with Gasteiger partial charge in [-0.3, -0.25) is 19.8 Å². The van der Waals surface area contributed by atoms with Crippen LogP contribution < -0.4 is 20.3 Å². The van der Waals surface area contributed by atoms with E-state index in [4.69, 9.17) is 9.47 Å². The maximum atomic E-state index is 12.7. The summed E-state index contributed by atoms with van der Waals surface area (Å²) in [6.45, 7) is 8.84. The van der Waals surface area contributed by atoms with E-state index in [0.717, 1.165) is 11.1 Å². The number of rotatable bonds is 4. The van der Waals surface area contributed by atoms with Gasteiger partial charge in [0.1, 0.15) is 17.9 Å². The number of carbonyl (C=O) groups excluding carboxylic acids is 3. The van der Waals surface area contributed by atoms with Crippen LogP contribution in [0.1, 0.15) is 31.9 Å². The van der Waals surface area contributed by atoms with Crippen molar-refractivity contribution in [1.82, 2.24) is 0 Å². The third kappa shape index (κ3) is 5.75. The fraction of sp³-hybridized carbons (Fsp3) is 0.348. The molecule has 1 aliphatic rings. The lowest BCUT2D eigenvalue weighted by Gasteiger charge is -2.29. The summed E-state index contributed by atoms with van der Waals surface area (Å²) in [7, 11) is 0. The molecule has 0 saturated carbocycles. The minimum absolute atomic E-state index is 0.164. The van der Waals surface area contributed by atoms with E-state index in [1.807, 2.05) is 32.0 Å². The van der Waals surface area contributed by atoms with Crippen LogP contribution in [0.3, 0.4) is 0 Å². The van der Waals surface area contributed by atoms with Crippen molar-refractivity contribution in [1.29, 1.82) is 0 Å². The highest BCUT2D eigenvalue weighted by Crippen LogP contribution is 2.34. The Morgan fingerprint density at radius 3 is 2.52 bits per heavy atom. The number of nitrogens with one attached hydrogen (secondary N) is 2. The van der Waals surface area contributed by atoms with Gasteiger partial charge in [0.25, 0.3) is 5.91 Å². The van der Waals surface area contributed by atoms with Crippen molar-refractivity contribution in [3.63, 3.8) is 0 Å². The zero-order valence-electron chi connectivity index (χ0n) is 18.4. The van der Waals surface area contributed by atoms with Gasteiger partial charge in [-0.05, 0) is 64.4 Å². The molecule has 0 bridgehead atoms. The molecule has 0 spiro atoms. The normalized spacial score (nSPS) is 13.2. The van der Waals surface area contributed by atoms with Crippen LogP contribution in [0.15, 0.2) is 36.4 Å². The third-order valence-corrected chi connectivity index (χ3v) is 4.50. The summed E-state index contributed by atoms with van der Waals surface area (Å²) in [5.41, 5.74) is 2.91. The smallest absolute Gasteiger partial charge is 0.412 e. The van der Waals surface area contributed by atoms with Gasteiger partial charge >= 0.3 is 6.09 Å². The number of anilines is 3. The van der Waals surface area contributed by atoms with Gasteiger partial charge in [-0.15, -0.1) is 0 Å². The van der Waals surface area contributed by atoms with Crippen LogP contribution >= 0.6 is 0 Å². The van der Waals surface area contributed by atoms with Crippen molar-refractivity contribution in [2.75, 3.05) is 28.7 Å². The molecule has 0 saturated heterocycles. The summed E-state index contributed by atoms with van der Waals surface area (Å²) >= 11 is 0. The lowest BCUT2D eigenvalue weighted by atomic mass is 10.1. The number of benzene rings is 2. The molecular formula is C23H27N3O5. The number of amides is 3. The number of fused-ring (bicyclic) bond motifs is 1. The second kappa shape index (κ2) is 8.67. The molecule has 3 rings (SSSR count). The van der Waals surface area contributed by atoms with Gasteiger partial charge in [0.05, 0.1) is 5.69 Å². The minimum Gasteiger partial charge on any atom is -0.482 e. The van der Waals surface area contributed by atoms with Crippen LogP contribution in [0, 0.1) is 13.8 Å². The summed E-state index contributed by atoms with van der Waals surface area (Å²) in [6, 6.07) is 10.6. The van der Waals surface area contributed by atoms with Gasteiger partial charge in [-0.25, -0.2) is 4.79 Å². The van der Waals surface area contributed by atoms with Gasteiger partial charge in [0.2, 0.25) is 5.91 Å². The SMILES string of the molecule is Cc1ccc(NC(=O)CN2C(=O)COc3ccc(NC(=O)OC(C)(C)C)cc32)c(C)c1. The highest BCUT2D eigenvalue weighted by Gasteiger charge is 2.28. The Morgan fingerprint density at radius 2 is 1.84 bits per heavy atom. The fourth-order valence-corrected chi connectivity index (χ4v) is 3.16. The van der Waals surface area contributed by atoms with Crippen molar-refractivity contribution < 1.29 is 23.9 Å². The number of hydrogen-bond acceptors (Lipinski definition) is 5. The summed E-state index contributed by atoms with van der Waals surface area (Å²) in [5.74, 6) is -0.231. The van der Waals surface area contributed by atoms with Gasteiger partial charge in [0.15, 0.2) is 6.61 Å². The predicted octanol–water partition coefficient (Wildman–Crippen LogP) is 4.01. The molecular weight excluding hydrogens is 398 g/mol. The van der Waals surface area contributed by atoms with Gasteiger partial charge in [0, 0.05) is 11.4 Å². The van der Waals surface area contributed by atoms with Crippen molar-refractivity contribution in [3.05, 3.63) is 47.5 Å². The van der Waals surface area contributed by atoms with E-state index in [-0.39, 0.29) is 25.0 Å². The van der Waals surface area contributed by atoms with Crippen LogP contribution in [0.2, 0.25) is 0 Å². The standard InChI is InChI=1S/C23H27N3O5/c1-14-6-8-17(15(2)10-14)25-20(27)12-26-18-11-16(24-22(29)31-23(3,4)5)7-9-19(18)30-13-21(26)28/h6-11H,12-13H2,1-5H3,(H,24,29)(H,25,27). The molecule has 3 amide bonds. The maximum Gasteiger partial charge on any atom is 0.412 e. The molecule has 1 aliphatic heterocycles. The summed E-state index contributed by atoms with van der Waals surface area (Å²) in [5, 5.41) is 5.48. The number of hydrogen-bond donors (Lipinski definition) is 2. The van der Waals surface area contributed by atoms with Crippen LogP contribution in [-0.2, 0) is 14.3 Å². The molecule has 31 heavy (non-hydrogen) atoms. The van der Waals surface area contributed by atoms with E-state index >= 15 is 0 Å². The Morgan fingerprint density at radius 1 is 1.10 bits per heavy atom. The lowest BCUT2D eigenvalue weighted by molar-refractivity contribution is -0.123. The molecule has 0 radical (unpaired) electrons. The fourth-order valence-electron chi connectivity index (χ4n) is 3.16. The Hall–Kier alpha value is -3.55. The molecule has 1 heterocycles. The monoisotopic (exact) mass is 425 g/mol. The maximum absolute atomic E-state index is 12.7. The molecule has 0 aliphatic carbocycles. The van der Waals surface area contributed by atoms with E-state index < -0.39 is 11.7 Å². The van der Waals surface area contributed by atoms with Crippen molar-refractivity contribution in [2.45, 2.75) is 40.2 Å². The third-order valence-electron chi connectivity index (χ3n) is 4.50. The van der Waals surface area contributed by atoms with Crippen molar-refractivity contribution in [3.8, 4) is 5.75 Å². The Bertz CT molecular complexity index is 1030. The van der Waals surface area contributed by atoms with Crippen LogP contribution in [-0.4, -0.2) is 36.7 Å². The molecule has 2 N–H and O–H groups in total. The van der Waals surface area contributed by atoms with E-state index in [0.29, 0.717) is 22.8 Å². The Kier molecular flexibility index (Phi) is 6.19. The van der Waals surface area contributed by atoms with E-state index in [9.17, 15) is 14.4 Å². The lowest BCUT2D eigenvalue weighted by Crippen LogP contribution is -2.43. The van der Waals surface area contributed by atoms with E-state index in [2.05, 4.69) is 10.6 Å². The molecule has 0 unspecified atom stereocenters. The molecule has 8 heteroatoms. The number of aryl methyl sites for hydroxylation is 2. The molecule has 2 aromatic rings. The quantitative estimate of drug-likeness (QED) is 0.771. The van der Waals surface area contributed by atoms with Gasteiger partial charge in [-0.1, -0.05) is 17.7 Å². The first kappa shape index (κ1) is 22.1. The van der Waals surface area contributed by atoms with Crippen molar-refractivity contribution >= 4 is 35.0 Å². The van der Waals surface area contributed by atoms with Crippen LogP contribution in [0.4, 0.5) is 21.9 Å². The summed E-state index contributed by atoms with van der Waals surface area (Å²) < 4.78 is 10.7. The average molecular weight is 425 g/mol. The largest absolute Gasteiger partial charge is 0.482 e. The first-order chi connectivity index (χ1) is 14.5. The molecule has 8 nitrogen and oxygen atoms in total. The summed E-state index contributed by atoms with van der Waals surface area (Å²) in [6.07, 6.45) is -0.616. The molecule has 0 fully saturated rings. The zero-order chi connectivity index (χ0) is 22.8. The minimum atomic E-state index is -0.643. The predicted molar refractivity (Wildman–Crippen MR) is 119 cm³/mol. The molecule has 0 atom stereocenters. The van der Waals surface area contributed by atoms with Gasteiger partial charge in [-0.2, -0.15) is 0 Å². The second-order valence-corrected chi connectivity index (χ2v) is 8.44. The zero-order valence-corrected chi connectivity index (χ0v) is 18.4. The Balaban J connectivity index is 1.77. The number of ether oxygens (including phenoxy) is 2. The topological polar surface area (TPSA) is 97.0 Å². The van der Waals surface area contributed by atoms with Gasteiger partial charge < -0.3 is 14.8 Å². The van der Waals surface area contributed by atoms with E-state index in [1.165, 1.54) is 4.90 Å². The number of carbonyl (C=O) groups is 3. The van der Waals surface area contributed by atoms with E-state index in [1.54, 1.807) is 39.0 Å². The second-order valence-electron chi connectivity index (χ2n) is 8.44. The summed E-state index contributed by atoms with van der Waals surface area (Å²) in [4.78, 5) is 38.6. The first-order valence-electron chi connectivity index (χ1n) is 9.96. The molecule has 2 aromatic carbocycles. The molecule has 0 aromatic heterocycles. The number of nitrogens with zero attached hydrogens (tertiary/aromatic N) is 1.